The van der Waals surface area contributed by atoms with Crippen LogP contribution in [0.5, 0.6) is 5.75 Å². The Hall–Kier alpha value is -2.29. The fraction of sp³-hybridized carbons (Fsp3) is 0.133. The fourth-order valence-corrected chi connectivity index (χ4v) is 1.62. The predicted octanol–water partition coefficient (Wildman–Crippen LogP) is 3.31. The highest BCUT2D eigenvalue weighted by Gasteiger charge is 2.13. The minimum atomic E-state index is -0.397. The third kappa shape index (κ3) is 2.88. The quantitative estimate of drug-likeness (QED) is 0.840. The van der Waals surface area contributed by atoms with Crippen molar-refractivity contribution in [2.45, 2.75) is 13.0 Å². The summed E-state index contributed by atoms with van der Waals surface area (Å²) in [6.45, 7) is 1.83. The highest BCUT2D eigenvalue weighted by molar-refractivity contribution is 5.89. The molecule has 0 radical (unpaired) electrons. The molecule has 2 aromatic rings. The van der Waals surface area contributed by atoms with Gasteiger partial charge in [-0.1, -0.05) is 30.3 Å². The molecule has 0 fully saturated rings. The van der Waals surface area contributed by atoms with Crippen molar-refractivity contribution in [2.24, 2.45) is 0 Å². The lowest BCUT2D eigenvalue weighted by atomic mass is 10.1. The van der Waals surface area contributed by atoms with Gasteiger partial charge in [0.05, 0.1) is 5.56 Å². The van der Waals surface area contributed by atoms with Gasteiger partial charge in [0.25, 0.3) is 0 Å². The second-order valence-electron chi connectivity index (χ2n) is 4.01. The van der Waals surface area contributed by atoms with Crippen LogP contribution in [0.4, 0.5) is 0 Å². The Kier molecular flexibility index (Phi) is 3.63. The Morgan fingerprint density at radius 3 is 2.28 bits per heavy atom. The van der Waals surface area contributed by atoms with Gasteiger partial charge in [0, 0.05) is 0 Å². The summed E-state index contributed by atoms with van der Waals surface area (Å²) in [7, 11) is 0. The summed E-state index contributed by atoms with van der Waals surface area (Å²) in [5.74, 6) is -0.269. The molecule has 1 atom stereocenters. The topological polar surface area (TPSA) is 46.5 Å². The summed E-state index contributed by atoms with van der Waals surface area (Å²) >= 11 is 0. The van der Waals surface area contributed by atoms with E-state index in [0.717, 1.165) is 5.56 Å². The molecule has 18 heavy (non-hydrogen) atoms. The first-order valence-corrected chi connectivity index (χ1v) is 5.72. The van der Waals surface area contributed by atoms with Gasteiger partial charge >= 0.3 is 5.97 Å². The van der Waals surface area contributed by atoms with E-state index in [1.165, 1.54) is 24.3 Å². The van der Waals surface area contributed by atoms with Crippen LogP contribution in [0.2, 0.25) is 0 Å². The minimum Gasteiger partial charge on any atom is -0.508 e. The number of esters is 1. The summed E-state index contributed by atoms with van der Waals surface area (Å²) < 4.78 is 5.34. The number of carbonyl (C=O) groups is 1. The van der Waals surface area contributed by atoms with Crippen LogP contribution in [-0.2, 0) is 4.74 Å². The summed E-state index contributed by atoms with van der Waals surface area (Å²) in [5.41, 5.74) is 1.38. The maximum Gasteiger partial charge on any atom is 0.338 e. The van der Waals surface area contributed by atoms with E-state index in [9.17, 15) is 4.79 Å². The summed E-state index contributed by atoms with van der Waals surface area (Å²) in [5, 5.41) is 9.15. The Labute approximate surface area is 106 Å². The lowest BCUT2D eigenvalue weighted by molar-refractivity contribution is 0.0338. The van der Waals surface area contributed by atoms with Gasteiger partial charge in [-0.25, -0.2) is 4.79 Å². The van der Waals surface area contributed by atoms with Gasteiger partial charge in [-0.05, 0) is 36.8 Å². The Morgan fingerprint density at radius 1 is 1.06 bits per heavy atom. The number of ether oxygens (including phenoxy) is 1. The minimum absolute atomic E-state index is 0.127. The van der Waals surface area contributed by atoms with Crippen molar-refractivity contribution >= 4 is 5.97 Å². The molecule has 0 aliphatic carbocycles. The van der Waals surface area contributed by atoms with Crippen molar-refractivity contribution in [1.82, 2.24) is 0 Å². The average Bonchev–Trinajstić information content (AvgIpc) is 2.40. The molecule has 0 aliphatic heterocycles. The van der Waals surface area contributed by atoms with E-state index in [-0.39, 0.29) is 11.9 Å². The van der Waals surface area contributed by atoms with Gasteiger partial charge in [-0.3, -0.25) is 0 Å². The van der Waals surface area contributed by atoms with Gasteiger partial charge in [0.15, 0.2) is 0 Å². The molecule has 0 aromatic heterocycles. The first-order valence-electron chi connectivity index (χ1n) is 5.72. The number of phenolic OH excluding ortho intramolecular Hbond substituents is 1. The zero-order chi connectivity index (χ0) is 13.0. The molecular formula is C15H14O3. The molecule has 3 heteroatoms. The fourth-order valence-electron chi connectivity index (χ4n) is 1.62. The van der Waals surface area contributed by atoms with Crippen molar-refractivity contribution in [1.29, 1.82) is 0 Å². The van der Waals surface area contributed by atoms with Crippen molar-refractivity contribution < 1.29 is 14.6 Å². The van der Waals surface area contributed by atoms with Crippen LogP contribution in [0, 0.1) is 0 Å². The highest BCUT2D eigenvalue weighted by Crippen LogP contribution is 2.19. The van der Waals surface area contributed by atoms with Gasteiger partial charge in [0.2, 0.25) is 0 Å². The molecule has 2 aromatic carbocycles. The van der Waals surface area contributed by atoms with Crippen LogP contribution in [-0.4, -0.2) is 11.1 Å². The molecule has 0 aliphatic rings. The number of hydrogen-bond donors (Lipinski definition) is 1. The van der Waals surface area contributed by atoms with Gasteiger partial charge in [-0.15, -0.1) is 0 Å². The first kappa shape index (κ1) is 12.2. The molecule has 0 saturated carbocycles. The highest BCUT2D eigenvalue weighted by atomic mass is 16.5. The number of rotatable bonds is 3. The Morgan fingerprint density at radius 2 is 1.67 bits per heavy atom. The van der Waals surface area contributed by atoms with Gasteiger partial charge in [-0.2, -0.15) is 0 Å². The third-order valence-electron chi connectivity index (χ3n) is 2.66. The molecule has 0 amide bonds. The number of phenols is 1. The third-order valence-corrected chi connectivity index (χ3v) is 2.66. The van der Waals surface area contributed by atoms with Crippen molar-refractivity contribution in [3.05, 3.63) is 65.7 Å². The molecule has 0 spiro atoms. The zero-order valence-electron chi connectivity index (χ0n) is 10.0. The first-order chi connectivity index (χ1) is 8.66. The Balaban J connectivity index is 2.06. The largest absolute Gasteiger partial charge is 0.508 e. The average molecular weight is 242 g/mol. The van der Waals surface area contributed by atoms with Crippen molar-refractivity contribution in [3.8, 4) is 5.75 Å². The molecular weight excluding hydrogens is 228 g/mol. The van der Waals surface area contributed by atoms with E-state index in [4.69, 9.17) is 9.84 Å². The van der Waals surface area contributed by atoms with Crippen LogP contribution >= 0.6 is 0 Å². The Bertz CT molecular complexity index is 517. The van der Waals surface area contributed by atoms with Gasteiger partial charge in [0.1, 0.15) is 11.9 Å². The zero-order valence-corrected chi connectivity index (χ0v) is 10.0. The molecule has 0 unspecified atom stereocenters. The predicted molar refractivity (Wildman–Crippen MR) is 68.4 cm³/mol. The van der Waals surface area contributed by atoms with E-state index in [1.807, 2.05) is 37.3 Å². The smallest absolute Gasteiger partial charge is 0.338 e. The van der Waals surface area contributed by atoms with Crippen molar-refractivity contribution in [2.75, 3.05) is 0 Å². The van der Waals surface area contributed by atoms with Crippen LogP contribution in [0.25, 0.3) is 0 Å². The second kappa shape index (κ2) is 5.36. The molecule has 92 valence electrons. The molecule has 0 bridgehead atoms. The standard InChI is InChI=1S/C15H14O3/c1-11(12-5-3-2-4-6-12)18-15(17)13-7-9-14(16)10-8-13/h2-11,16H,1H3/t11-/m1/s1. The van der Waals surface area contributed by atoms with Gasteiger partial charge < -0.3 is 9.84 Å². The normalized spacial score (nSPS) is 11.8. The van der Waals surface area contributed by atoms with E-state index >= 15 is 0 Å². The lowest BCUT2D eigenvalue weighted by Gasteiger charge is -2.13. The molecule has 2 rings (SSSR count). The second-order valence-corrected chi connectivity index (χ2v) is 4.01. The summed E-state index contributed by atoms with van der Waals surface area (Å²) in [6, 6.07) is 15.5. The maximum absolute atomic E-state index is 11.8. The van der Waals surface area contributed by atoms with Crippen LogP contribution in [0.3, 0.4) is 0 Å². The number of aromatic hydroxyl groups is 1. The van der Waals surface area contributed by atoms with Crippen LogP contribution in [0.1, 0.15) is 28.9 Å². The summed E-state index contributed by atoms with van der Waals surface area (Å²) in [4.78, 5) is 11.8. The monoisotopic (exact) mass is 242 g/mol. The van der Waals surface area contributed by atoms with E-state index in [0.29, 0.717) is 5.56 Å². The molecule has 1 N–H and O–H groups in total. The van der Waals surface area contributed by atoms with Crippen LogP contribution in [0.15, 0.2) is 54.6 Å². The van der Waals surface area contributed by atoms with Crippen molar-refractivity contribution in [3.63, 3.8) is 0 Å². The summed E-state index contributed by atoms with van der Waals surface area (Å²) in [6.07, 6.45) is -0.299. The number of hydrogen-bond acceptors (Lipinski definition) is 3. The van der Waals surface area contributed by atoms with E-state index in [2.05, 4.69) is 0 Å². The number of carbonyl (C=O) groups excluding carboxylic acids is 1. The molecule has 3 nitrogen and oxygen atoms in total. The van der Waals surface area contributed by atoms with E-state index in [1.54, 1.807) is 0 Å². The van der Waals surface area contributed by atoms with Crippen LogP contribution < -0.4 is 0 Å². The van der Waals surface area contributed by atoms with E-state index < -0.39 is 5.97 Å². The SMILES string of the molecule is C[C@@H](OC(=O)c1ccc(O)cc1)c1ccccc1. The molecule has 0 heterocycles. The molecule has 0 saturated heterocycles. The number of benzene rings is 2. The lowest BCUT2D eigenvalue weighted by Crippen LogP contribution is -2.08. The maximum atomic E-state index is 11.8.